The van der Waals surface area contributed by atoms with Gasteiger partial charge in [0.25, 0.3) is 0 Å². The summed E-state index contributed by atoms with van der Waals surface area (Å²) in [6.45, 7) is 6.16. The zero-order valence-electron chi connectivity index (χ0n) is 12.6. The maximum Gasteiger partial charge on any atom is 0.239 e. The third-order valence-corrected chi connectivity index (χ3v) is 3.47. The predicted octanol–water partition coefficient (Wildman–Crippen LogP) is -1.50. The van der Waals surface area contributed by atoms with Crippen molar-refractivity contribution in [2.24, 2.45) is 0 Å². The van der Waals surface area contributed by atoms with Gasteiger partial charge in [-0.2, -0.15) is 0 Å². The highest BCUT2D eigenvalue weighted by Gasteiger charge is 2.25. The standard InChI is InChI=1S/C13H26N4O3/c1-11(13(19)17-7-4-14-5-8-17)16(2)10-12(18)15-6-9-20-3/h11,14H,4-10H2,1-3H3,(H,15,18). The molecular formula is C13H26N4O3. The fourth-order valence-electron chi connectivity index (χ4n) is 2.05. The van der Waals surface area contributed by atoms with Crippen LogP contribution >= 0.6 is 0 Å². The molecule has 0 aliphatic carbocycles. The van der Waals surface area contributed by atoms with Gasteiger partial charge in [-0.05, 0) is 14.0 Å². The molecule has 7 heteroatoms. The molecule has 0 radical (unpaired) electrons. The summed E-state index contributed by atoms with van der Waals surface area (Å²) in [7, 11) is 3.38. The second kappa shape index (κ2) is 8.89. The molecule has 0 saturated carbocycles. The van der Waals surface area contributed by atoms with Crippen LogP contribution in [-0.2, 0) is 14.3 Å². The maximum absolute atomic E-state index is 12.3. The van der Waals surface area contributed by atoms with Crippen LogP contribution in [0.25, 0.3) is 0 Å². The number of piperazine rings is 1. The maximum atomic E-state index is 12.3. The Morgan fingerprint density at radius 2 is 2.05 bits per heavy atom. The molecule has 0 aromatic rings. The SMILES string of the molecule is COCCNC(=O)CN(C)C(C)C(=O)N1CCNCC1. The summed E-state index contributed by atoms with van der Waals surface area (Å²) in [5.74, 6) is -0.0109. The molecule has 1 unspecified atom stereocenters. The zero-order chi connectivity index (χ0) is 15.0. The Bertz CT molecular complexity index is 319. The largest absolute Gasteiger partial charge is 0.383 e. The molecule has 7 nitrogen and oxygen atoms in total. The monoisotopic (exact) mass is 286 g/mol. The number of hydrogen-bond acceptors (Lipinski definition) is 5. The Morgan fingerprint density at radius 3 is 2.65 bits per heavy atom. The van der Waals surface area contributed by atoms with Gasteiger partial charge in [0.05, 0.1) is 19.2 Å². The lowest BCUT2D eigenvalue weighted by molar-refractivity contribution is -0.137. The number of nitrogens with one attached hydrogen (secondary N) is 2. The van der Waals surface area contributed by atoms with E-state index in [4.69, 9.17) is 4.74 Å². The van der Waals surface area contributed by atoms with E-state index in [1.165, 1.54) is 0 Å². The third kappa shape index (κ3) is 5.44. The number of rotatable bonds is 7. The molecule has 20 heavy (non-hydrogen) atoms. The van der Waals surface area contributed by atoms with E-state index < -0.39 is 0 Å². The van der Waals surface area contributed by atoms with Gasteiger partial charge >= 0.3 is 0 Å². The highest BCUT2D eigenvalue weighted by atomic mass is 16.5. The van der Waals surface area contributed by atoms with E-state index in [2.05, 4.69) is 10.6 Å². The number of carbonyl (C=O) groups excluding carboxylic acids is 2. The van der Waals surface area contributed by atoms with Crippen LogP contribution in [0.2, 0.25) is 0 Å². The van der Waals surface area contributed by atoms with Gasteiger partial charge in [-0.25, -0.2) is 0 Å². The number of ether oxygens (including phenoxy) is 1. The smallest absolute Gasteiger partial charge is 0.239 e. The summed E-state index contributed by atoms with van der Waals surface area (Å²) in [5.41, 5.74) is 0. The number of likely N-dealkylation sites (N-methyl/N-ethyl adjacent to an activating group) is 1. The molecule has 0 spiro atoms. The van der Waals surface area contributed by atoms with E-state index in [1.54, 1.807) is 19.1 Å². The normalized spacial score (nSPS) is 17.1. The van der Waals surface area contributed by atoms with E-state index in [9.17, 15) is 9.59 Å². The average molecular weight is 286 g/mol. The fourth-order valence-corrected chi connectivity index (χ4v) is 2.05. The van der Waals surface area contributed by atoms with Gasteiger partial charge in [0.15, 0.2) is 0 Å². The van der Waals surface area contributed by atoms with Crippen LogP contribution in [0.4, 0.5) is 0 Å². The molecule has 1 atom stereocenters. The van der Waals surface area contributed by atoms with Crippen molar-refractivity contribution in [2.75, 3.05) is 60.0 Å². The van der Waals surface area contributed by atoms with Crippen molar-refractivity contribution in [3.8, 4) is 0 Å². The van der Waals surface area contributed by atoms with Crippen LogP contribution in [0.3, 0.4) is 0 Å². The first-order valence-electron chi connectivity index (χ1n) is 7.01. The van der Waals surface area contributed by atoms with Crippen molar-refractivity contribution < 1.29 is 14.3 Å². The minimum Gasteiger partial charge on any atom is -0.383 e. The topological polar surface area (TPSA) is 73.9 Å². The molecule has 2 N–H and O–H groups in total. The predicted molar refractivity (Wildman–Crippen MR) is 76.4 cm³/mol. The quantitative estimate of drug-likeness (QED) is 0.557. The third-order valence-electron chi connectivity index (χ3n) is 3.47. The minimum atomic E-state index is -0.290. The molecule has 2 amide bonds. The summed E-state index contributed by atoms with van der Waals surface area (Å²) in [6, 6.07) is -0.290. The second-order valence-electron chi connectivity index (χ2n) is 5.01. The van der Waals surface area contributed by atoms with Crippen LogP contribution in [0.5, 0.6) is 0 Å². The van der Waals surface area contributed by atoms with Gasteiger partial charge in [0.1, 0.15) is 0 Å². The Labute approximate surface area is 120 Å². The highest BCUT2D eigenvalue weighted by Crippen LogP contribution is 2.03. The number of hydrogen-bond donors (Lipinski definition) is 2. The minimum absolute atomic E-state index is 0.0821. The van der Waals surface area contributed by atoms with Gasteiger partial charge in [-0.3, -0.25) is 14.5 Å². The van der Waals surface area contributed by atoms with E-state index in [0.29, 0.717) is 13.2 Å². The van der Waals surface area contributed by atoms with Crippen molar-refractivity contribution in [2.45, 2.75) is 13.0 Å². The zero-order valence-corrected chi connectivity index (χ0v) is 12.6. The van der Waals surface area contributed by atoms with E-state index in [1.807, 2.05) is 11.8 Å². The first-order valence-corrected chi connectivity index (χ1v) is 7.01. The fraction of sp³-hybridized carbons (Fsp3) is 0.846. The number of methoxy groups -OCH3 is 1. The Hall–Kier alpha value is -1.18. The molecule has 116 valence electrons. The molecule has 0 bridgehead atoms. The van der Waals surface area contributed by atoms with E-state index >= 15 is 0 Å². The van der Waals surface area contributed by atoms with Crippen LogP contribution in [-0.4, -0.2) is 87.7 Å². The number of nitrogens with zero attached hydrogens (tertiary/aromatic N) is 2. The summed E-state index contributed by atoms with van der Waals surface area (Å²) in [6.07, 6.45) is 0. The van der Waals surface area contributed by atoms with Crippen molar-refractivity contribution in [3.05, 3.63) is 0 Å². The van der Waals surface area contributed by atoms with Gasteiger partial charge in [0, 0.05) is 39.8 Å². The highest BCUT2D eigenvalue weighted by molar-refractivity contribution is 5.83. The molecule has 1 saturated heterocycles. The molecule has 1 heterocycles. The molecule has 0 aromatic carbocycles. The lowest BCUT2D eigenvalue weighted by Crippen LogP contribution is -2.53. The van der Waals surface area contributed by atoms with Crippen LogP contribution in [0.1, 0.15) is 6.92 Å². The number of amides is 2. The lowest BCUT2D eigenvalue weighted by atomic mass is 10.2. The van der Waals surface area contributed by atoms with Gasteiger partial charge < -0.3 is 20.3 Å². The summed E-state index contributed by atoms with van der Waals surface area (Å²) >= 11 is 0. The Morgan fingerprint density at radius 1 is 1.40 bits per heavy atom. The Kier molecular flexibility index (Phi) is 7.50. The van der Waals surface area contributed by atoms with Crippen LogP contribution in [0.15, 0.2) is 0 Å². The molecule has 0 aromatic heterocycles. The molecule has 1 fully saturated rings. The summed E-state index contributed by atoms with van der Waals surface area (Å²) < 4.78 is 4.87. The molecule has 1 aliphatic heterocycles. The van der Waals surface area contributed by atoms with E-state index in [0.717, 1.165) is 26.2 Å². The average Bonchev–Trinajstić information content (AvgIpc) is 2.46. The van der Waals surface area contributed by atoms with Gasteiger partial charge in [-0.15, -0.1) is 0 Å². The van der Waals surface area contributed by atoms with Gasteiger partial charge in [-0.1, -0.05) is 0 Å². The summed E-state index contributed by atoms with van der Waals surface area (Å²) in [4.78, 5) is 27.6. The van der Waals surface area contributed by atoms with Crippen LogP contribution < -0.4 is 10.6 Å². The first-order chi connectivity index (χ1) is 9.56. The second-order valence-corrected chi connectivity index (χ2v) is 5.01. The van der Waals surface area contributed by atoms with E-state index in [-0.39, 0.29) is 24.4 Å². The van der Waals surface area contributed by atoms with Crippen molar-refractivity contribution in [3.63, 3.8) is 0 Å². The molecule has 1 rings (SSSR count). The van der Waals surface area contributed by atoms with Crippen molar-refractivity contribution in [1.29, 1.82) is 0 Å². The Balaban J connectivity index is 2.35. The molecular weight excluding hydrogens is 260 g/mol. The molecule has 1 aliphatic rings. The number of carbonyl (C=O) groups is 2. The lowest BCUT2D eigenvalue weighted by Gasteiger charge is -2.32. The summed E-state index contributed by atoms with van der Waals surface area (Å²) in [5, 5.41) is 5.96. The first kappa shape index (κ1) is 16.9. The van der Waals surface area contributed by atoms with Gasteiger partial charge in [0.2, 0.25) is 11.8 Å². The van der Waals surface area contributed by atoms with Crippen molar-refractivity contribution >= 4 is 11.8 Å². The van der Waals surface area contributed by atoms with Crippen LogP contribution in [0, 0.1) is 0 Å². The van der Waals surface area contributed by atoms with Crippen molar-refractivity contribution in [1.82, 2.24) is 20.4 Å².